The van der Waals surface area contributed by atoms with Crippen LogP contribution in [0.25, 0.3) is 0 Å². The number of para-hydroxylation sites is 1. The average molecular weight is 368 g/mol. The molecule has 0 saturated heterocycles. The van der Waals surface area contributed by atoms with Gasteiger partial charge in [-0.05, 0) is 36.4 Å². The van der Waals surface area contributed by atoms with Crippen molar-refractivity contribution in [1.29, 1.82) is 0 Å². The predicted octanol–water partition coefficient (Wildman–Crippen LogP) is 4.14. The highest BCUT2D eigenvalue weighted by atomic mass is 32.2. The maximum Gasteiger partial charge on any atom is 0.573 e. The number of anilines is 2. The molecule has 2 aromatic rings. The van der Waals surface area contributed by atoms with Crippen molar-refractivity contribution in [2.75, 3.05) is 29.1 Å². The lowest BCUT2D eigenvalue weighted by atomic mass is 10.2. The maximum atomic E-state index is 12.5. The van der Waals surface area contributed by atoms with Gasteiger partial charge in [-0.3, -0.25) is 4.79 Å². The van der Waals surface area contributed by atoms with Crippen LogP contribution in [0.15, 0.2) is 53.4 Å². The van der Waals surface area contributed by atoms with Crippen LogP contribution in [0.4, 0.5) is 24.5 Å². The molecule has 0 fully saturated rings. The minimum absolute atomic E-state index is 0.0540. The number of carbonyl (C=O) groups is 1. The van der Waals surface area contributed by atoms with Gasteiger partial charge in [-0.2, -0.15) is 0 Å². The molecule has 0 atom stereocenters. The molecule has 0 unspecified atom stereocenters. The highest BCUT2D eigenvalue weighted by Gasteiger charge is 2.31. The smallest absolute Gasteiger partial charge is 0.406 e. The van der Waals surface area contributed by atoms with Crippen LogP contribution in [0.2, 0.25) is 0 Å². The number of amides is 1. The fourth-order valence-corrected chi connectivity index (χ4v) is 3.47. The number of hydrogen-bond donors (Lipinski definition) is 1. The number of ether oxygens (including phenoxy) is 1. The summed E-state index contributed by atoms with van der Waals surface area (Å²) in [6, 6.07) is 13.0. The summed E-state index contributed by atoms with van der Waals surface area (Å²) in [5, 5.41) is 2.93. The van der Waals surface area contributed by atoms with Gasteiger partial charge < -0.3 is 15.0 Å². The Kier molecular flexibility index (Phi) is 5.08. The van der Waals surface area contributed by atoms with E-state index in [-0.39, 0.29) is 18.2 Å². The molecule has 0 spiro atoms. The first-order chi connectivity index (χ1) is 11.9. The number of hydrogen-bond acceptors (Lipinski definition) is 4. The van der Waals surface area contributed by atoms with Crippen LogP contribution in [-0.2, 0) is 4.79 Å². The molecule has 1 heterocycles. The van der Waals surface area contributed by atoms with Gasteiger partial charge in [0.15, 0.2) is 0 Å². The molecule has 0 radical (unpaired) electrons. The lowest BCUT2D eigenvalue weighted by Crippen LogP contribution is -2.39. The van der Waals surface area contributed by atoms with Crippen LogP contribution in [0, 0.1) is 0 Å². The van der Waals surface area contributed by atoms with Crippen LogP contribution < -0.4 is 15.0 Å². The third kappa shape index (κ3) is 4.60. The Bertz CT molecular complexity index is 750. The zero-order valence-electron chi connectivity index (χ0n) is 13.0. The van der Waals surface area contributed by atoms with E-state index in [1.807, 2.05) is 24.3 Å². The molecule has 0 aromatic heterocycles. The van der Waals surface area contributed by atoms with Gasteiger partial charge in [-0.25, -0.2) is 0 Å². The molecule has 1 N–H and O–H groups in total. The third-order valence-corrected chi connectivity index (χ3v) is 4.60. The second kappa shape index (κ2) is 7.26. The first kappa shape index (κ1) is 17.5. The Labute approximate surface area is 147 Å². The molecule has 3 rings (SSSR count). The summed E-state index contributed by atoms with van der Waals surface area (Å²) >= 11 is 1.71. The van der Waals surface area contributed by atoms with Crippen LogP contribution >= 0.6 is 11.8 Å². The van der Waals surface area contributed by atoms with Crippen molar-refractivity contribution in [2.45, 2.75) is 11.3 Å². The van der Waals surface area contributed by atoms with Crippen molar-refractivity contribution in [1.82, 2.24) is 0 Å². The zero-order valence-corrected chi connectivity index (χ0v) is 13.9. The van der Waals surface area contributed by atoms with Crippen molar-refractivity contribution in [2.24, 2.45) is 0 Å². The molecule has 1 aliphatic rings. The SMILES string of the molecule is O=C(CNc1ccc(OC(F)(F)F)cc1)N1CCSc2ccccc21. The van der Waals surface area contributed by atoms with Crippen molar-refractivity contribution in [3.05, 3.63) is 48.5 Å². The normalized spacial score (nSPS) is 14.0. The summed E-state index contributed by atoms with van der Waals surface area (Å²) in [5.41, 5.74) is 1.43. The number of carbonyl (C=O) groups excluding carboxylic acids is 1. The molecular formula is C17H15F3N2O2S. The number of nitrogens with one attached hydrogen (secondary N) is 1. The lowest BCUT2D eigenvalue weighted by molar-refractivity contribution is -0.274. The Hall–Kier alpha value is -2.35. The van der Waals surface area contributed by atoms with Crippen LogP contribution in [0.5, 0.6) is 5.75 Å². The highest BCUT2D eigenvalue weighted by Crippen LogP contribution is 2.34. The predicted molar refractivity (Wildman–Crippen MR) is 91.1 cm³/mol. The summed E-state index contributed by atoms with van der Waals surface area (Å²) in [7, 11) is 0. The second-order valence-electron chi connectivity index (χ2n) is 5.29. The molecule has 25 heavy (non-hydrogen) atoms. The van der Waals surface area contributed by atoms with Crippen LogP contribution in [0.3, 0.4) is 0 Å². The summed E-state index contributed by atoms with van der Waals surface area (Å²) in [5.74, 6) is 0.432. The Morgan fingerprint density at radius 3 is 2.60 bits per heavy atom. The number of fused-ring (bicyclic) bond motifs is 1. The Balaban J connectivity index is 1.60. The minimum Gasteiger partial charge on any atom is -0.406 e. The van der Waals surface area contributed by atoms with E-state index < -0.39 is 6.36 Å². The second-order valence-corrected chi connectivity index (χ2v) is 6.42. The first-order valence-electron chi connectivity index (χ1n) is 7.54. The fourth-order valence-electron chi connectivity index (χ4n) is 2.48. The van der Waals surface area contributed by atoms with E-state index in [2.05, 4.69) is 10.1 Å². The van der Waals surface area contributed by atoms with Gasteiger partial charge in [-0.1, -0.05) is 12.1 Å². The Morgan fingerprint density at radius 2 is 1.88 bits per heavy atom. The largest absolute Gasteiger partial charge is 0.573 e. The maximum absolute atomic E-state index is 12.5. The number of benzene rings is 2. The van der Waals surface area contributed by atoms with Gasteiger partial charge in [0, 0.05) is 22.9 Å². The molecular weight excluding hydrogens is 353 g/mol. The van der Waals surface area contributed by atoms with E-state index >= 15 is 0 Å². The van der Waals surface area contributed by atoms with E-state index in [0.717, 1.165) is 16.3 Å². The van der Waals surface area contributed by atoms with Crippen molar-refractivity contribution < 1.29 is 22.7 Å². The molecule has 0 saturated carbocycles. The summed E-state index contributed by atoms with van der Waals surface area (Å²) in [4.78, 5) is 15.3. The van der Waals surface area contributed by atoms with Gasteiger partial charge in [0.05, 0.1) is 12.2 Å². The number of alkyl halides is 3. The van der Waals surface area contributed by atoms with Crippen molar-refractivity contribution in [3.63, 3.8) is 0 Å². The molecule has 132 valence electrons. The van der Waals surface area contributed by atoms with Crippen molar-refractivity contribution >= 4 is 29.0 Å². The number of nitrogens with zero attached hydrogens (tertiary/aromatic N) is 1. The van der Waals surface area contributed by atoms with E-state index in [4.69, 9.17) is 0 Å². The van der Waals surface area contributed by atoms with E-state index in [1.54, 1.807) is 16.7 Å². The third-order valence-electron chi connectivity index (χ3n) is 3.56. The molecule has 4 nitrogen and oxygen atoms in total. The zero-order chi connectivity index (χ0) is 17.9. The van der Waals surface area contributed by atoms with Gasteiger partial charge in [0.2, 0.25) is 5.91 Å². The summed E-state index contributed by atoms with van der Waals surface area (Å²) in [6.07, 6.45) is -4.72. The summed E-state index contributed by atoms with van der Waals surface area (Å²) in [6.45, 7) is 0.680. The molecule has 1 aliphatic heterocycles. The monoisotopic (exact) mass is 368 g/mol. The highest BCUT2D eigenvalue weighted by molar-refractivity contribution is 7.99. The van der Waals surface area contributed by atoms with Gasteiger partial charge in [-0.15, -0.1) is 24.9 Å². The molecule has 0 bridgehead atoms. The molecule has 2 aromatic carbocycles. The number of thioether (sulfide) groups is 1. The topological polar surface area (TPSA) is 41.6 Å². The Morgan fingerprint density at radius 1 is 1.16 bits per heavy atom. The van der Waals surface area contributed by atoms with Crippen LogP contribution in [-0.4, -0.2) is 31.1 Å². The van der Waals surface area contributed by atoms with Crippen molar-refractivity contribution in [3.8, 4) is 5.75 Å². The van der Waals surface area contributed by atoms with E-state index in [0.29, 0.717) is 12.2 Å². The van der Waals surface area contributed by atoms with E-state index in [9.17, 15) is 18.0 Å². The number of halogens is 3. The number of rotatable bonds is 4. The van der Waals surface area contributed by atoms with Gasteiger partial charge in [0.25, 0.3) is 0 Å². The van der Waals surface area contributed by atoms with Crippen LogP contribution in [0.1, 0.15) is 0 Å². The molecule has 1 amide bonds. The van der Waals surface area contributed by atoms with Gasteiger partial charge >= 0.3 is 6.36 Å². The standard InChI is InChI=1S/C17H15F3N2O2S/c18-17(19,20)24-13-7-5-12(6-8-13)21-11-16(23)22-9-10-25-15-4-2-1-3-14(15)22/h1-8,21H,9-11H2. The molecule has 8 heteroatoms. The minimum atomic E-state index is -4.72. The van der Waals surface area contributed by atoms with E-state index in [1.165, 1.54) is 24.3 Å². The molecule has 0 aliphatic carbocycles. The first-order valence-corrected chi connectivity index (χ1v) is 8.53. The summed E-state index contributed by atoms with van der Waals surface area (Å²) < 4.78 is 40.2. The fraction of sp³-hybridized carbons (Fsp3) is 0.235. The average Bonchev–Trinajstić information content (AvgIpc) is 2.59. The quantitative estimate of drug-likeness (QED) is 0.881. The van der Waals surface area contributed by atoms with Gasteiger partial charge in [0.1, 0.15) is 5.75 Å². The lowest BCUT2D eigenvalue weighted by Gasteiger charge is -2.29.